The van der Waals surface area contributed by atoms with Crippen LogP contribution in [0.25, 0.3) is 33.5 Å². The summed E-state index contributed by atoms with van der Waals surface area (Å²) in [4.78, 5) is 23.7. The molecule has 0 saturated carbocycles. The topological polar surface area (TPSA) is 124 Å². The molecule has 4 rings (SSSR count). The molecule has 138 valence electrons. The third-order valence-corrected chi connectivity index (χ3v) is 4.25. The minimum absolute atomic E-state index is 0.275. The van der Waals surface area contributed by atoms with Gasteiger partial charge in [0, 0.05) is 36.7 Å². The highest BCUT2D eigenvalue weighted by molar-refractivity contribution is 6.31. The van der Waals surface area contributed by atoms with Gasteiger partial charge in [0.2, 0.25) is 0 Å². The van der Waals surface area contributed by atoms with Gasteiger partial charge in [-0.15, -0.1) is 0 Å². The van der Waals surface area contributed by atoms with Gasteiger partial charge in [-0.1, -0.05) is 11.6 Å². The van der Waals surface area contributed by atoms with Crippen LogP contribution in [-0.4, -0.2) is 43.9 Å². The van der Waals surface area contributed by atoms with Crippen LogP contribution in [-0.2, 0) is 7.05 Å². The lowest BCUT2D eigenvalue weighted by molar-refractivity contribution is 0.201. The molecular weight excluding hydrogens is 370 g/mol. The molecule has 3 heterocycles. The van der Waals surface area contributed by atoms with Gasteiger partial charge in [0.1, 0.15) is 11.4 Å². The first kappa shape index (κ1) is 17.3. The first-order chi connectivity index (χ1) is 13.1. The van der Waals surface area contributed by atoms with Gasteiger partial charge in [-0.2, -0.15) is 5.10 Å². The fraction of sp³-hybridized carbons (Fsp3) is 0.176. The summed E-state index contributed by atoms with van der Waals surface area (Å²) in [5.41, 5.74) is 8.41. The maximum Gasteiger partial charge on any atom is 0.412 e. The predicted octanol–water partition coefficient (Wildman–Crippen LogP) is 2.21. The van der Waals surface area contributed by atoms with Gasteiger partial charge in [-0.3, -0.25) is 4.68 Å². The van der Waals surface area contributed by atoms with Crippen LogP contribution in [0.1, 0.15) is 0 Å². The number of fused-ring (bicyclic) bond motifs is 2. The van der Waals surface area contributed by atoms with E-state index in [-0.39, 0.29) is 5.75 Å². The van der Waals surface area contributed by atoms with E-state index in [2.05, 4.69) is 25.4 Å². The molecule has 3 aromatic heterocycles. The Morgan fingerprint density at radius 1 is 1.44 bits per heavy atom. The number of benzene rings is 1. The Morgan fingerprint density at radius 2 is 2.30 bits per heavy atom. The standard InChI is InChI=1S/C17H16ClN7O2/c1-25-12-6-9(18)2-3-10(12)14(24-25)11-7-21-16-15(23-11)13(8-22-16)27-17(26)20-5-4-19/h2-3,6-8H,4-5,19H2,1H3,(H,20,26)(H,21,22). The molecule has 0 saturated heterocycles. The number of hydrogen-bond donors (Lipinski definition) is 3. The van der Waals surface area contributed by atoms with Gasteiger partial charge in [0.25, 0.3) is 0 Å². The highest BCUT2D eigenvalue weighted by Gasteiger charge is 2.17. The van der Waals surface area contributed by atoms with Crippen molar-refractivity contribution in [2.24, 2.45) is 12.8 Å². The van der Waals surface area contributed by atoms with Crippen LogP contribution in [0.2, 0.25) is 5.02 Å². The van der Waals surface area contributed by atoms with Gasteiger partial charge in [0.05, 0.1) is 11.7 Å². The van der Waals surface area contributed by atoms with E-state index in [1.54, 1.807) is 16.9 Å². The van der Waals surface area contributed by atoms with E-state index in [0.717, 1.165) is 10.9 Å². The van der Waals surface area contributed by atoms with Crippen LogP contribution in [0.15, 0.2) is 30.6 Å². The molecule has 0 aliphatic heterocycles. The molecule has 0 aliphatic carbocycles. The molecule has 1 aromatic carbocycles. The van der Waals surface area contributed by atoms with Gasteiger partial charge < -0.3 is 20.8 Å². The molecule has 0 unspecified atom stereocenters. The summed E-state index contributed by atoms with van der Waals surface area (Å²) in [6, 6.07) is 5.53. The average molecular weight is 386 g/mol. The quantitative estimate of drug-likeness (QED) is 0.494. The lowest BCUT2D eigenvalue weighted by Crippen LogP contribution is -2.31. The number of rotatable bonds is 4. The number of carbonyl (C=O) groups excluding carboxylic acids is 1. The summed E-state index contributed by atoms with van der Waals surface area (Å²) in [5, 5.41) is 8.60. The number of nitrogens with one attached hydrogen (secondary N) is 2. The van der Waals surface area contributed by atoms with Crippen molar-refractivity contribution in [1.82, 2.24) is 30.0 Å². The SMILES string of the molecule is Cn1nc(-c2cnc3[nH]cc(OC(=O)NCCN)c3n2)c2ccc(Cl)cc21. The molecule has 10 heteroatoms. The van der Waals surface area contributed by atoms with Crippen LogP contribution < -0.4 is 15.8 Å². The Bertz CT molecular complexity index is 1150. The minimum atomic E-state index is -0.605. The molecule has 0 spiro atoms. The minimum Gasteiger partial charge on any atom is -0.406 e. The second-order valence-electron chi connectivity index (χ2n) is 5.84. The first-order valence-corrected chi connectivity index (χ1v) is 8.57. The summed E-state index contributed by atoms with van der Waals surface area (Å²) >= 11 is 6.08. The normalized spacial score (nSPS) is 11.2. The van der Waals surface area contributed by atoms with Crippen molar-refractivity contribution in [3.8, 4) is 17.1 Å². The summed E-state index contributed by atoms with van der Waals surface area (Å²) in [6.45, 7) is 0.643. The Morgan fingerprint density at radius 3 is 3.11 bits per heavy atom. The lowest BCUT2D eigenvalue weighted by Gasteiger charge is -2.04. The number of aryl methyl sites for hydroxylation is 1. The zero-order valence-corrected chi connectivity index (χ0v) is 15.1. The Balaban J connectivity index is 1.76. The van der Waals surface area contributed by atoms with E-state index >= 15 is 0 Å². The third-order valence-electron chi connectivity index (χ3n) is 4.02. The molecule has 0 fully saturated rings. The Labute approximate surface area is 158 Å². The number of ether oxygens (including phenoxy) is 1. The summed E-state index contributed by atoms with van der Waals surface area (Å²) in [6.07, 6.45) is 2.55. The van der Waals surface area contributed by atoms with Gasteiger partial charge in [0.15, 0.2) is 16.9 Å². The maximum absolute atomic E-state index is 11.8. The van der Waals surface area contributed by atoms with Crippen molar-refractivity contribution in [1.29, 1.82) is 0 Å². The van der Waals surface area contributed by atoms with Crippen LogP contribution in [0.3, 0.4) is 0 Å². The predicted molar refractivity (Wildman–Crippen MR) is 102 cm³/mol. The van der Waals surface area contributed by atoms with Gasteiger partial charge >= 0.3 is 6.09 Å². The van der Waals surface area contributed by atoms with Crippen molar-refractivity contribution in [2.75, 3.05) is 13.1 Å². The molecule has 0 atom stereocenters. The monoisotopic (exact) mass is 385 g/mol. The number of carbonyl (C=O) groups is 1. The third kappa shape index (κ3) is 3.18. The molecule has 0 aliphatic rings. The average Bonchev–Trinajstić information content (AvgIpc) is 3.21. The van der Waals surface area contributed by atoms with Gasteiger partial charge in [-0.05, 0) is 18.2 Å². The lowest BCUT2D eigenvalue weighted by atomic mass is 10.2. The van der Waals surface area contributed by atoms with Crippen molar-refractivity contribution < 1.29 is 9.53 Å². The van der Waals surface area contributed by atoms with Crippen molar-refractivity contribution in [2.45, 2.75) is 0 Å². The fourth-order valence-electron chi connectivity index (χ4n) is 2.79. The van der Waals surface area contributed by atoms with Crippen LogP contribution in [0, 0.1) is 0 Å². The van der Waals surface area contributed by atoms with E-state index in [4.69, 9.17) is 22.1 Å². The highest BCUT2D eigenvalue weighted by atomic mass is 35.5. The van der Waals surface area contributed by atoms with Crippen molar-refractivity contribution in [3.05, 3.63) is 35.6 Å². The summed E-state index contributed by atoms with van der Waals surface area (Å²) in [5.74, 6) is 0.275. The molecule has 4 N–H and O–H groups in total. The van der Waals surface area contributed by atoms with E-state index in [1.807, 2.05) is 19.2 Å². The molecule has 0 bridgehead atoms. The Kier molecular flexibility index (Phi) is 4.38. The number of hydrogen-bond acceptors (Lipinski definition) is 6. The van der Waals surface area contributed by atoms with Crippen LogP contribution in [0.5, 0.6) is 5.75 Å². The first-order valence-electron chi connectivity index (χ1n) is 8.19. The number of aromatic amines is 1. The molecule has 0 radical (unpaired) electrons. The van der Waals surface area contributed by atoms with Crippen LogP contribution in [0.4, 0.5) is 4.79 Å². The number of aromatic nitrogens is 5. The second kappa shape index (κ2) is 6.86. The molecular formula is C17H16ClN7O2. The second-order valence-corrected chi connectivity index (χ2v) is 6.28. The van der Waals surface area contributed by atoms with Crippen molar-refractivity contribution in [3.63, 3.8) is 0 Å². The summed E-state index contributed by atoms with van der Waals surface area (Å²) < 4.78 is 7.02. The zero-order valence-electron chi connectivity index (χ0n) is 14.4. The molecule has 1 amide bonds. The fourth-order valence-corrected chi connectivity index (χ4v) is 2.96. The number of halogens is 1. The smallest absolute Gasteiger partial charge is 0.406 e. The van der Waals surface area contributed by atoms with Crippen molar-refractivity contribution >= 4 is 39.8 Å². The van der Waals surface area contributed by atoms with E-state index in [1.165, 1.54) is 6.20 Å². The van der Waals surface area contributed by atoms with E-state index in [9.17, 15) is 4.79 Å². The van der Waals surface area contributed by atoms with E-state index in [0.29, 0.717) is 40.7 Å². The highest BCUT2D eigenvalue weighted by Crippen LogP contribution is 2.30. The van der Waals surface area contributed by atoms with Gasteiger partial charge in [-0.25, -0.2) is 14.8 Å². The molecule has 27 heavy (non-hydrogen) atoms. The number of H-pyrrole nitrogens is 1. The molecule has 4 aromatic rings. The molecule has 9 nitrogen and oxygen atoms in total. The summed E-state index contributed by atoms with van der Waals surface area (Å²) in [7, 11) is 1.83. The van der Waals surface area contributed by atoms with Crippen LogP contribution >= 0.6 is 11.6 Å². The largest absolute Gasteiger partial charge is 0.412 e. The maximum atomic E-state index is 11.8. The van der Waals surface area contributed by atoms with E-state index < -0.39 is 6.09 Å². The number of amides is 1. The Hall–Kier alpha value is -3.17. The zero-order chi connectivity index (χ0) is 19.0. The number of nitrogens with two attached hydrogens (primary N) is 1. The number of nitrogens with zero attached hydrogens (tertiary/aromatic N) is 4.